The predicted octanol–water partition coefficient (Wildman–Crippen LogP) is 2.17. The van der Waals surface area contributed by atoms with Crippen molar-refractivity contribution in [3.63, 3.8) is 0 Å². The smallest absolute Gasteiger partial charge is 0.306 e. The molecule has 0 fully saturated rings. The summed E-state index contributed by atoms with van der Waals surface area (Å²) in [6.45, 7) is 2.01. The zero-order chi connectivity index (χ0) is 13.4. The van der Waals surface area contributed by atoms with Gasteiger partial charge in [0.2, 0.25) is 0 Å². The van der Waals surface area contributed by atoms with Crippen molar-refractivity contribution in [1.29, 1.82) is 0 Å². The molecule has 4 nitrogen and oxygen atoms in total. The fourth-order valence-corrected chi connectivity index (χ4v) is 1.47. The Bertz CT molecular complexity index is 423. The van der Waals surface area contributed by atoms with Gasteiger partial charge in [-0.25, -0.2) is 0 Å². The van der Waals surface area contributed by atoms with Gasteiger partial charge in [-0.15, -0.1) is 0 Å². The van der Waals surface area contributed by atoms with Gasteiger partial charge in [0.25, 0.3) is 0 Å². The molecule has 0 bridgehead atoms. The Morgan fingerprint density at radius 3 is 2.33 bits per heavy atom. The standard InChI is InChI=1S/C14H16O4/c1-2-18-14(17)9-8-12(15)10-13(16)11-6-4-3-5-7-11/h3-7H,2,8-10H2,1H3. The van der Waals surface area contributed by atoms with Crippen molar-refractivity contribution in [1.82, 2.24) is 0 Å². The van der Waals surface area contributed by atoms with E-state index in [-0.39, 0.29) is 30.8 Å². The van der Waals surface area contributed by atoms with Crippen molar-refractivity contribution in [3.8, 4) is 0 Å². The molecule has 0 aliphatic heterocycles. The third kappa shape index (κ3) is 4.91. The topological polar surface area (TPSA) is 60.4 Å². The molecule has 0 unspecified atom stereocenters. The summed E-state index contributed by atoms with van der Waals surface area (Å²) in [6, 6.07) is 8.63. The average Bonchev–Trinajstić information content (AvgIpc) is 2.38. The van der Waals surface area contributed by atoms with E-state index < -0.39 is 5.97 Å². The van der Waals surface area contributed by atoms with E-state index in [4.69, 9.17) is 4.74 Å². The third-order valence-electron chi connectivity index (χ3n) is 2.37. The van der Waals surface area contributed by atoms with Crippen LogP contribution >= 0.6 is 0 Å². The summed E-state index contributed by atoms with van der Waals surface area (Å²) in [5.74, 6) is -0.862. The molecular formula is C14H16O4. The van der Waals surface area contributed by atoms with E-state index in [1.165, 1.54) is 0 Å². The highest BCUT2D eigenvalue weighted by molar-refractivity contribution is 6.08. The summed E-state index contributed by atoms with van der Waals surface area (Å²) in [4.78, 5) is 34.2. The number of benzene rings is 1. The molecule has 1 aromatic carbocycles. The third-order valence-corrected chi connectivity index (χ3v) is 2.37. The first-order valence-corrected chi connectivity index (χ1v) is 5.89. The number of Topliss-reactive ketones (excluding diaryl/α,β-unsaturated/α-hetero) is 2. The van der Waals surface area contributed by atoms with Gasteiger partial charge in [-0.1, -0.05) is 30.3 Å². The maximum absolute atomic E-state index is 11.7. The minimum absolute atomic E-state index is 0.0365. The SMILES string of the molecule is CCOC(=O)CCC(=O)CC(=O)c1ccccc1. The van der Waals surface area contributed by atoms with Crippen molar-refractivity contribution < 1.29 is 19.1 Å². The van der Waals surface area contributed by atoms with Gasteiger partial charge in [-0.2, -0.15) is 0 Å². The maximum atomic E-state index is 11.7. The fraction of sp³-hybridized carbons (Fsp3) is 0.357. The van der Waals surface area contributed by atoms with Crippen LogP contribution in [0, 0.1) is 0 Å². The van der Waals surface area contributed by atoms with Gasteiger partial charge in [0.05, 0.1) is 19.4 Å². The lowest BCUT2D eigenvalue weighted by molar-refractivity contribution is -0.144. The number of hydrogen-bond donors (Lipinski definition) is 0. The van der Waals surface area contributed by atoms with E-state index in [1.54, 1.807) is 37.3 Å². The molecule has 1 aromatic rings. The molecule has 0 aromatic heterocycles. The maximum Gasteiger partial charge on any atom is 0.306 e. The van der Waals surface area contributed by atoms with E-state index in [2.05, 4.69) is 0 Å². The Hall–Kier alpha value is -1.97. The lowest BCUT2D eigenvalue weighted by Crippen LogP contribution is -2.11. The molecular weight excluding hydrogens is 232 g/mol. The van der Waals surface area contributed by atoms with Crippen LogP contribution in [0.2, 0.25) is 0 Å². The number of ketones is 2. The fourth-order valence-electron chi connectivity index (χ4n) is 1.47. The second-order valence-corrected chi connectivity index (χ2v) is 3.81. The number of carbonyl (C=O) groups is 3. The van der Waals surface area contributed by atoms with Crippen LogP contribution in [0.1, 0.15) is 36.5 Å². The molecule has 0 radical (unpaired) electrons. The van der Waals surface area contributed by atoms with Gasteiger partial charge in [-0.3, -0.25) is 14.4 Å². The lowest BCUT2D eigenvalue weighted by atomic mass is 10.0. The van der Waals surface area contributed by atoms with E-state index in [0.29, 0.717) is 12.2 Å². The highest BCUT2D eigenvalue weighted by Crippen LogP contribution is 2.06. The molecule has 0 saturated carbocycles. The van der Waals surface area contributed by atoms with Crippen molar-refractivity contribution in [2.24, 2.45) is 0 Å². The summed E-state index contributed by atoms with van der Waals surface area (Å²) < 4.78 is 4.71. The minimum atomic E-state index is -0.405. The van der Waals surface area contributed by atoms with Gasteiger partial charge < -0.3 is 4.74 Å². The van der Waals surface area contributed by atoms with Crippen molar-refractivity contribution in [2.75, 3.05) is 6.61 Å². The van der Waals surface area contributed by atoms with Gasteiger partial charge >= 0.3 is 5.97 Å². The molecule has 0 saturated heterocycles. The van der Waals surface area contributed by atoms with Crippen molar-refractivity contribution in [2.45, 2.75) is 26.2 Å². The summed E-state index contributed by atoms with van der Waals surface area (Å²) >= 11 is 0. The van der Waals surface area contributed by atoms with Crippen LogP contribution < -0.4 is 0 Å². The number of ether oxygens (including phenoxy) is 1. The Kier molecular flexibility index (Phi) is 5.77. The van der Waals surface area contributed by atoms with E-state index in [0.717, 1.165) is 0 Å². The van der Waals surface area contributed by atoms with Crippen LogP contribution in [0.5, 0.6) is 0 Å². The molecule has 96 valence electrons. The predicted molar refractivity (Wildman–Crippen MR) is 66.3 cm³/mol. The highest BCUT2D eigenvalue weighted by Gasteiger charge is 2.13. The number of carbonyl (C=O) groups excluding carboxylic acids is 3. The van der Waals surface area contributed by atoms with Crippen LogP contribution in [0.4, 0.5) is 0 Å². The Morgan fingerprint density at radius 1 is 1.06 bits per heavy atom. The lowest BCUT2D eigenvalue weighted by Gasteiger charge is -2.02. The second-order valence-electron chi connectivity index (χ2n) is 3.81. The molecule has 4 heteroatoms. The van der Waals surface area contributed by atoms with Crippen LogP contribution in [-0.2, 0) is 14.3 Å². The Balaban J connectivity index is 2.37. The van der Waals surface area contributed by atoms with E-state index in [1.807, 2.05) is 0 Å². The highest BCUT2D eigenvalue weighted by atomic mass is 16.5. The van der Waals surface area contributed by atoms with E-state index in [9.17, 15) is 14.4 Å². The first-order valence-electron chi connectivity index (χ1n) is 5.89. The van der Waals surface area contributed by atoms with Crippen molar-refractivity contribution >= 4 is 17.5 Å². The minimum Gasteiger partial charge on any atom is -0.466 e. The Labute approximate surface area is 106 Å². The average molecular weight is 248 g/mol. The largest absolute Gasteiger partial charge is 0.466 e. The first-order chi connectivity index (χ1) is 8.63. The van der Waals surface area contributed by atoms with Crippen LogP contribution in [-0.4, -0.2) is 24.1 Å². The summed E-state index contributed by atoms with van der Waals surface area (Å²) in [6.07, 6.45) is -0.0738. The summed E-state index contributed by atoms with van der Waals surface area (Å²) in [5.41, 5.74) is 0.516. The molecule has 0 heterocycles. The van der Waals surface area contributed by atoms with Crippen LogP contribution in [0.15, 0.2) is 30.3 Å². The number of esters is 1. The van der Waals surface area contributed by atoms with Gasteiger partial charge in [-0.05, 0) is 6.92 Å². The molecule has 0 aliphatic carbocycles. The quantitative estimate of drug-likeness (QED) is 0.421. The van der Waals surface area contributed by atoms with Crippen LogP contribution in [0.3, 0.4) is 0 Å². The monoisotopic (exact) mass is 248 g/mol. The zero-order valence-corrected chi connectivity index (χ0v) is 10.3. The van der Waals surface area contributed by atoms with Gasteiger partial charge in [0.15, 0.2) is 5.78 Å². The molecule has 0 spiro atoms. The zero-order valence-electron chi connectivity index (χ0n) is 10.3. The summed E-state index contributed by atoms with van der Waals surface area (Å²) in [7, 11) is 0. The molecule has 0 atom stereocenters. The molecule has 0 N–H and O–H groups in total. The van der Waals surface area contributed by atoms with E-state index >= 15 is 0 Å². The first kappa shape index (κ1) is 14.1. The van der Waals surface area contributed by atoms with Crippen LogP contribution in [0.25, 0.3) is 0 Å². The summed E-state index contributed by atoms with van der Waals surface area (Å²) in [5, 5.41) is 0. The van der Waals surface area contributed by atoms with Gasteiger partial charge in [0, 0.05) is 12.0 Å². The number of hydrogen-bond acceptors (Lipinski definition) is 4. The van der Waals surface area contributed by atoms with Crippen molar-refractivity contribution in [3.05, 3.63) is 35.9 Å². The molecule has 1 rings (SSSR count). The number of rotatable bonds is 7. The molecule has 0 amide bonds. The second kappa shape index (κ2) is 7.37. The normalized spacial score (nSPS) is 9.83. The Morgan fingerprint density at radius 2 is 1.72 bits per heavy atom. The van der Waals surface area contributed by atoms with Gasteiger partial charge in [0.1, 0.15) is 5.78 Å². The molecule has 18 heavy (non-hydrogen) atoms. The molecule has 0 aliphatic rings.